The van der Waals surface area contributed by atoms with Crippen LogP contribution in [0.5, 0.6) is 0 Å². The molecule has 7 nitrogen and oxygen atoms in total. The van der Waals surface area contributed by atoms with E-state index in [-0.39, 0.29) is 29.9 Å². The first kappa shape index (κ1) is 24.3. The fourth-order valence-electron chi connectivity index (χ4n) is 3.29. The highest BCUT2D eigenvalue weighted by molar-refractivity contribution is 5.97. The van der Waals surface area contributed by atoms with Gasteiger partial charge in [-0.2, -0.15) is 26.3 Å². The molecular weight excluding hydrogens is 456 g/mol. The molecule has 0 spiro atoms. The summed E-state index contributed by atoms with van der Waals surface area (Å²) in [6.07, 6.45) is -6.16. The van der Waals surface area contributed by atoms with Crippen molar-refractivity contribution in [1.29, 1.82) is 0 Å². The molecule has 1 heterocycles. The molecule has 3 N–H and O–H groups in total. The number of nitrogens with two attached hydrogens (primary N) is 1. The average molecular weight is 475 g/mol. The molecule has 13 heteroatoms. The number of nitrogens with zero attached hydrogens (tertiary/aromatic N) is 4. The van der Waals surface area contributed by atoms with E-state index in [4.69, 9.17) is 10.9 Å². The van der Waals surface area contributed by atoms with Crippen LogP contribution in [0.4, 0.5) is 26.3 Å². The molecule has 1 aliphatic carbocycles. The molecule has 1 atom stereocenters. The van der Waals surface area contributed by atoms with E-state index < -0.39 is 46.8 Å². The molecule has 0 saturated heterocycles. The van der Waals surface area contributed by atoms with Gasteiger partial charge >= 0.3 is 12.4 Å². The standard InChI is InChI=1S/C20H19F6N5O2/c1-10(15-16(17(27)30-33)29-5-4-28-15)31(9-11-2-3-11)18(32)12-6-13(19(21,22)23)8-14(7-12)20(24,25)26/h4-8,10-11,33H,2-3,9H2,1H3,(H2,27,30). The number of carbonyl (C=O) groups is 1. The van der Waals surface area contributed by atoms with Crippen LogP contribution in [0.3, 0.4) is 0 Å². The van der Waals surface area contributed by atoms with Crippen LogP contribution in [0.1, 0.15) is 58.7 Å². The van der Waals surface area contributed by atoms with Crippen LogP contribution in [0.25, 0.3) is 0 Å². The van der Waals surface area contributed by atoms with E-state index in [9.17, 15) is 31.1 Å². The molecule has 0 radical (unpaired) electrons. The van der Waals surface area contributed by atoms with Gasteiger partial charge in [0.2, 0.25) is 0 Å². The zero-order valence-corrected chi connectivity index (χ0v) is 17.2. The van der Waals surface area contributed by atoms with Crippen molar-refractivity contribution in [2.45, 2.75) is 38.2 Å². The molecule has 1 unspecified atom stereocenters. The third-order valence-electron chi connectivity index (χ3n) is 5.19. The number of alkyl halides is 6. The van der Waals surface area contributed by atoms with Crippen LogP contribution in [-0.4, -0.2) is 38.4 Å². The number of aromatic nitrogens is 2. The monoisotopic (exact) mass is 475 g/mol. The largest absolute Gasteiger partial charge is 0.416 e. The summed E-state index contributed by atoms with van der Waals surface area (Å²) in [6, 6.07) is -0.202. The first-order valence-electron chi connectivity index (χ1n) is 9.72. The lowest BCUT2D eigenvalue weighted by molar-refractivity contribution is -0.143. The highest BCUT2D eigenvalue weighted by Gasteiger charge is 2.39. The third-order valence-corrected chi connectivity index (χ3v) is 5.19. The van der Waals surface area contributed by atoms with Crippen LogP contribution in [0, 0.1) is 5.92 Å². The van der Waals surface area contributed by atoms with E-state index in [0.29, 0.717) is 12.1 Å². The van der Waals surface area contributed by atoms with Crippen LogP contribution >= 0.6 is 0 Å². The highest BCUT2D eigenvalue weighted by atomic mass is 19.4. The van der Waals surface area contributed by atoms with Crippen molar-refractivity contribution in [2.75, 3.05) is 6.54 Å². The first-order valence-corrected chi connectivity index (χ1v) is 9.72. The van der Waals surface area contributed by atoms with Gasteiger partial charge in [-0.1, -0.05) is 5.16 Å². The quantitative estimate of drug-likeness (QED) is 0.214. The molecule has 1 amide bonds. The Balaban J connectivity index is 2.09. The topological polar surface area (TPSA) is 105 Å². The molecule has 1 aromatic carbocycles. The minimum absolute atomic E-state index is 0.0354. The minimum Gasteiger partial charge on any atom is -0.409 e. The maximum Gasteiger partial charge on any atom is 0.416 e. The van der Waals surface area contributed by atoms with Crippen molar-refractivity contribution in [2.24, 2.45) is 16.8 Å². The molecule has 1 saturated carbocycles. The van der Waals surface area contributed by atoms with Gasteiger partial charge in [-0.3, -0.25) is 9.78 Å². The number of rotatable bonds is 6. The minimum atomic E-state index is -5.09. The second-order valence-electron chi connectivity index (χ2n) is 7.65. The number of carbonyl (C=O) groups excluding carboxylic acids is 1. The lowest BCUT2D eigenvalue weighted by Crippen LogP contribution is -2.37. The lowest BCUT2D eigenvalue weighted by atomic mass is 10.0. The number of oxime groups is 1. The smallest absolute Gasteiger partial charge is 0.409 e. The molecule has 1 aliphatic rings. The van der Waals surface area contributed by atoms with Crippen molar-refractivity contribution in [3.63, 3.8) is 0 Å². The first-order chi connectivity index (χ1) is 15.3. The van der Waals surface area contributed by atoms with E-state index in [1.54, 1.807) is 0 Å². The van der Waals surface area contributed by atoms with E-state index in [2.05, 4.69) is 15.1 Å². The van der Waals surface area contributed by atoms with Gasteiger partial charge in [0.05, 0.1) is 22.9 Å². The van der Waals surface area contributed by atoms with E-state index >= 15 is 0 Å². The molecule has 1 fully saturated rings. The maximum absolute atomic E-state index is 13.3. The van der Waals surface area contributed by atoms with Crippen molar-refractivity contribution >= 4 is 11.7 Å². The Labute approximate surface area is 183 Å². The zero-order valence-electron chi connectivity index (χ0n) is 17.2. The van der Waals surface area contributed by atoms with E-state index in [1.165, 1.54) is 19.3 Å². The van der Waals surface area contributed by atoms with Crippen molar-refractivity contribution in [3.8, 4) is 0 Å². The maximum atomic E-state index is 13.3. The number of amidine groups is 1. The number of halogens is 6. The molecule has 33 heavy (non-hydrogen) atoms. The summed E-state index contributed by atoms with van der Waals surface area (Å²) in [5, 5.41) is 11.8. The molecular formula is C20H19F6N5O2. The normalized spacial score (nSPS) is 15.9. The predicted octanol–water partition coefficient (Wildman–Crippen LogP) is 4.22. The summed E-state index contributed by atoms with van der Waals surface area (Å²) >= 11 is 0. The number of amides is 1. The predicted molar refractivity (Wildman–Crippen MR) is 103 cm³/mol. The Morgan fingerprint density at radius 1 is 1.12 bits per heavy atom. The summed E-state index contributed by atoms with van der Waals surface area (Å²) in [6.45, 7) is 1.56. The van der Waals surface area contributed by atoms with E-state index in [1.807, 2.05) is 0 Å². The van der Waals surface area contributed by atoms with Gasteiger partial charge in [-0.25, -0.2) is 4.98 Å². The van der Waals surface area contributed by atoms with Crippen LogP contribution in [0.15, 0.2) is 35.7 Å². The van der Waals surface area contributed by atoms with Gasteiger partial charge in [0, 0.05) is 24.5 Å². The van der Waals surface area contributed by atoms with Crippen molar-refractivity contribution in [1.82, 2.24) is 14.9 Å². The number of hydrogen-bond acceptors (Lipinski definition) is 5. The average Bonchev–Trinajstić information content (AvgIpc) is 3.58. The Kier molecular flexibility index (Phi) is 6.52. The fourth-order valence-corrected chi connectivity index (χ4v) is 3.29. The van der Waals surface area contributed by atoms with Gasteiger partial charge in [0.1, 0.15) is 5.69 Å². The summed E-state index contributed by atoms with van der Waals surface area (Å²) < 4.78 is 79.6. The van der Waals surface area contributed by atoms with E-state index in [0.717, 1.165) is 17.7 Å². The van der Waals surface area contributed by atoms with Crippen LogP contribution in [-0.2, 0) is 12.4 Å². The van der Waals surface area contributed by atoms with Crippen LogP contribution in [0.2, 0.25) is 0 Å². The summed E-state index contributed by atoms with van der Waals surface area (Å²) in [5.74, 6) is -1.42. The van der Waals surface area contributed by atoms with Gasteiger partial charge in [-0.05, 0) is 43.9 Å². The number of hydrogen-bond donors (Lipinski definition) is 2. The molecule has 1 aromatic heterocycles. The van der Waals surface area contributed by atoms with Gasteiger partial charge in [-0.15, -0.1) is 0 Å². The Bertz CT molecular complexity index is 1030. The SMILES string of the molecule is CC(c1nccnc1/C(N)=N/O)N(CC1CC1)C(=O)c1cc(C(F)(F)F)cc(C(F)(F)F)c1. The molecule has 0 bridgehead atoms. The van der Waals surface area contributed by atoms with Crippen LogP contribution < -0.4 is 5.73 Å². The van der Waals surface area contributed by atoms with Gasteiger partial charge in [0.25, 0.3) is 5.91 Å². The second-order valence-corrected chi connectivity index (χ2v) is 7.65. The Hall–Kier alpha value is -3.38. The molecule has 0 aliphatic heterocycles. The number of benzene rings is 1. The van der Waals surface area contributed by atoms with Gasteiger partial charge in [0.15, 0.2) is 5.84 Å². The third kappa shape index (κ3) is 5.52. The Morgan fingerprint density at radius 2 is 1.67 bits per heavy atom. The molecule has 178 valence electrons. The molecule has 3 rings (SSSR count). The van der Waals surface area contributed by atoms with Gasteiger partial charge < -0.3 is 15.8 Å². The fraction of sp³-hybridized carbons (Fsp3) is 0.400. The highest BCUT2D eigenvalue weighted by Crippen LogP contribution is 2.38. The Morgan fingerprint density at radius 3 is 2.15 bits per heavy atom. The lowest BCUT2D eigenvalue weighted by Gasteiger charge is -2.30. The summed E-state index contributed by atoms with van der Waals surface area (Å²) in [5.41, 5.74) is 1.68. The van der Waals surface area contributed by atoms with Crippen molar-refractivity contribution < 1.29 is 36.3 Å². The summed E-state index contributed by atoms with van der Waals surface area (Å²) in [7, 11) is 0. The second kappa shape index (κ2) is 8.87. The van der Waals surface area contributed by atoms with Crippen molar-refractivity contribution in [3.05, 3.63) is 58.7 Å². The summed E-state index contributed by atoms with van der Waals surface area (Å²) in [4.78, 5) is 22.5. The zero-order chi connectivity index (χ0) is 24.6. The molecule has 2 aromatic rings.